The molecule has 1 aromatic rings. The lowest BCUT2D eigenvalue weighted by molar-refractivity contribution is 0.452. The Labute approximate surface area is 109 Å². The zero-order valence-electron chi connectivity index (χ0n) is 9.36. The third-order valence-electron chi connectivity index (χ3n) is 2.81. The lowest BCUT2D eigenvalue weighted by Crippen LogP contribution is -2.29. The molecule has 1 aromatic carbocycles. The van der Waals surface area contributed by atoms with Crippen molar-refractivity contribution in [2.75, 3.05) is 13.6 Å². The van der Waals surface area contributed by atoms with E-state index in [9.17, 15) is 12.8 Å². The van der Waals surface area contributed by atoms with Gasteiger partial charge in [0, 0.05) is 13.6 Å². The maximum atomic E-state index is 13.3. The highest BCUT2D eigenvalue weighted by Crippen LogP contribution is 2.31. The van der Waals surface area contributed by atoms with E-state index in [4.69, 9.17) is 0 Å². The Kier molecular flexibility index (Phi) is 3.56. The molecule has 0 unspecified atom stereocenters. The molecule has 0 amide bonds. The van der Waals surface area contributed by atoms with E-state index in [0.29, 0.717) is 12.5 Å². The van der Waals surface area contributed by atoms with Gasteiger partial charge in [0.25, 0.3) is 0 Å². The summed E-state index contributed by atoms with van der Waals surface area (Å²) in [5.74, 6) is -0.0963. The average molecular weight is 322 g/mol. The van der Waals surface area contributed by atoms with Crippen molar-refractivity contribution in [1.82, 2.24) is 4.31 Å². The molecule has 2 rings (SSSR count). The number of nitrogens with zero attached hydrogens (tertiary/aromatic N) is 1. The molecule has 0 bridgehead atoms. The summed E-state index contributed by atoms with van der Waals surface area (Å²) in [7, 11) is -2.03. The quantitative estimate of drug-likeness (QED) is 0.854. The maximum Gasteiger partial charge on any atom is 0.242 e. The summed E-state index contributed by atoms with van der Waals surface area (Å²) in [4.78, 5) is 0.00125. The zero-order chi connectivity index (χ0) is 12.6. The minimum absolute atomic E-state index is 0.00125. The Morgan fingerprint density at radius 3 is 2.65 bits per heavy atom. The lowest BCUT2D eigenvalue weighted by atomic mass is 10.3. The van der Waals surface area contributed by atoms with Crippen LogP contribution < -0.4 is 0 Å². The Morgan fingerprint density at radius 2 is 2.12 bits per heavy atom. The van der Waals surface area contributed by atoms with Crippen LogP contribution in [0, 0.1) is 11.7 Å². The third-order valence-corrected chi connectivity index (χ3v) is 5.27. The van der Waals surface area contributed by atoms with Crippen molar-refractivity contribution in [1.29, 1.82) is 0 Å². The highest BCUT2D eigenvalue weighted by Gasteiger charge is 2.29. The fourth-order valence-electron chi connectivity index (χ4n) is 1.58. The van der Waals surface area contributed by atoms with Crippen molar-refractivity contribution < 1.29 is 12.8 Å². The van der Waals surface area contributed by atoms with E-state index in [-0.39, 0.29) is 9.37 Å². The molecule has 3 nitrogen and oxygen atoms in total. The molecule has 94 valence electrons. The van der Waals surface area contributed by atoms with Crippen LogP contribution in [0.5, 0.6) is 0 Å². The first-order chi connectivity index (χ1) is 7.91. The standard InChI is InChI=1S/C11H13BrFNO2S/c1-14(7-8-2-3-8)17(15,16)9-4-5-10(12)11(13)6-9/h4-6,8H,2-3,7H2,1H3. The summed E-state index contributed by atoms with van der Waals surface area (Å²) in [6, 6.07) is 3.86. The van der Waals surface area contributed by atoms with Gasteiger partial charge in [-0.2, -0.15) is 0 Å². The van der Waals surface area contributed by atoms with Crippen LogP contribution in [0.2, 0.25) is 0 Å². The van der Waals surface area contributed by atoms with Crippen molar-refractivity contribution in [3.05, 3.63) is 28.5 Å². The fourth-order valence-corrected chi connectivity index (χ4v) is 3.09. The van der Waals surface area contributed by atoms with Gasteiger partial charge in [-0.3, -0.25) is 0 Å². The average Bonchev–Trinajstić information content (AvgIpc) is 3.05. The summed E-state index contributed by atoms with van der Waals surface area (Å²) in [6.07, 6.45) is 2.16. The second kappa shape index (κ2) is 4.66. The van der Waals surface area contributed by atoms with Crippen molar-refractivity contribution in [3.8, 4) is 0 Å². The molecule has 1 saturated carbocycles. The molecule has 0 radical (unpaired) electrons. The van der Waals surface area contributed by atoms with Gasteiger partial charge in [0.1, 0.15) is 5.82 Å². The predicted molar refractivity (Wildman–Crippen MR) is 66.6 cm³/mol. The summed E-state index contributed by atoms with van der Waals surface area (Å²) < 4.78 is 39.1. The van der Waals surface area contributed by atoms with Crippen molar-refractivity contribution in [2.24, 2.45) is 5.92 Å². The topological polar surface area (TPSA) is 37.4 Å². The van der Waals surface area contributed by atoms with Crippen LogP contribution >= 0.6 is 15.9 Å². The monoisotopic (exact) mass is 321 g/mol. The van der Waals surface area contributed by atoms with E-state index in [1.165, 1.54) is 23.5 Å². The van der Waals surface area contributed by atoms with Crippen LogP contribution in [-0.2, 0) is 10.0 Å². The highest BCUT2D eigenvalue weighted by atomic mass is 79.9. The van der Waals surface area contributed by atoms with E-state index < -0.39 is 15.8 Å². The maximum absolute atomic E-state index is 13.3. The van der Waals surface area contributed by atoms with Gasteiger partial charge in [-0.25, -0.2) is 17.1 Å². The molecule has 0 atom stereocenters. The summed E-state index contributed by atoms with van der Waals surface area (Å²) in [5.41, 5.74) is 0. The molecule has 0 aromatic heterocycles. The van der Waals surface area contributed by atoms with E-state index >= 15 is 0 Å². The Hall–Kier alpha value is -0.460. The predicted octanol–water partition coefficient (Wildman–Crippen LogP) is 2.62. The molecule has 17 heavy (non-hydrogen) atoms. The second-order valence-corrected chi connectivity index (χ2v) is 7.20. The van der Waals surface area contributed by atoms with Crippen LogP contribution in [-0.4, -0.2) is 26.3 Å². The molecular formula is C11H13BrFNO2S. The first kappa shape index (κ1) is 13.0. The number of halogens is 2. The van der Waals surface area contributed by atoms with Gasteiger partial charge >= 0.3 is 0 Å². The zero-order valence-corrected chi connectivity index (χ0v) is 11.8. The first-order valence-corrected chi connectivity index (χ1v) is 7.56. The second-order valence-electron chi connectivity index (χ2n) is 4.30. The van der Waals surface area contributed by atoms with Gasteiger partial charge in [0.2, 0.25) is 10.0 Å². The fraction of sp³-hybridized carbons (Fsp3) is 0.455. The molecular weight excluding hydrogens is 309 g/mol. The Morgan fingerprint density at radius 1 is 1.47 bits per heavy atom. The van der Waals surface area contributed by atoms with Crippen LogP contribution in [0.1, 0.15) is 12.8 Å². The van der Waals surface area contributed by atoms with Gasteiger partial charge in [-0.05, 0) is 52.9 Å². The minimum atomic E-state index is -3.56. The Balaban J connectivity index is 2.26. The molecule has 1 fully saturated rings. The number of hydrogen-bond donors (Lipinski definition) is 0. The van der Waals surface area contributed by atoms with E-state index in [0.717, 1.165) is 18.9 Å². The summed E-state index contributed by atoms with van der Waals surface area (Å²) in [5, 5.41) is 0. The normalized spacial score (nSPS) is 16.5. The summed E-state index contributed by atoms with van der Waals surface area (Å²) in [6.45, 7) is 0.514. The molecule has 6 heteroatoms. The van der Waals surface area contributed by atoms with Crippen LogP contribution in [0.4, 0.5) is 4.39 Å². The number of hydrogen-bond acceptors (Lipinski definition) is 2. The molecule has 0 N–H and O–H groups in total. The molecule has 1 aliphatic rings. The van der Waals surface area contributed by atoms with E-state index in [2.05, 4.69) is 15.9 Å². The van der Waals surface area contributed by atoms with Gasteiger partial charge in [-0.15, -0.1) is 0 Å². The van der Waals surface area contributed by atoms with E-state index in [1.807, 2.05) is 0 Å². The molecule has 0 spiro atoms. The molecule has 0 saturated heterocycles. The molecule has 0 aliphatic heterocycles. The van der Waals surface area contributed by atoms with Crippen molar-refractivity contribution in [3.63, 3.8) is 0 Å². The lowest BCUT2D eigenvalue weighted by Gasteiger charge is -2.16. The minimum Gasteiger partial charge on any atom is -0.207 e. The first-order valence-electron chi connectivity index (χ1n) is 5.32. The third kappa shape index (κ3) is 2.86. The van der Waals surface area contributed by atoms with Crippen molar-refractivity contribution >= 4 is 26.0 Å². The summed E-state index contributed by atoms with van der Waals surface area (Å²) >= 11 is 3.00. The number of sulfonamides is 1. The van der Waals surface area contributed by atoms with Gasteiger partial charge in [-0.1, -0.05) is 0 Å². The van der Waals surface area contributed by atoms with Crippen molar-refractivity contribution in [2.45, 2.75) is 17.7 Å². The van der Waals surface area contributed by atoms with E-state index in [1.54, 1.807) is 0 Å². The van der Waals surface area contributed by atoms with Crippen LogP contribution in [0.3, 0.4) is 0 Å². The van der Waals surface area contributed by atoms with Gasteiger partial charge in [0.15, 0.2) is 0 Å². The largest absolute Gasteiger partial charge is 0.242 e. The van der Waals surface area contributed by atoms with Crippen LogP contribution in [0.25, 0.3) is 0 Å². The molecule has 0 heterocycles. The van der Waals surface area contributed by atoms with Gasteiger partial charge < -0.3 is 0 Å². The number of rotatable bonds is 4. The highest BCUT2D eigenvalue weighted by molar-refractivity contribution is 9.10. The number of benzene rings is 1. The Bertz CT molecular complexity index is 528. The van der Waals surface area contributed by atoms with Gasteiger partial charge in [0.05, 0.1) is 9.37 Å². The smallest absolute Gasteiger partial charge is 0.207 e. The molecule has 1 aliphatic carbocycles. The SMILES string of the molecule is CN(CC1CC1)S(=O)(=O)c1ccc(Br)c(F)c1. The van der Waals surface area contributed by atoms with Crippen LogP contribution in [0.15, 0.2) is 27.6 Å².